The average Bonchev–Trinajstić information content (AvgIpc) is 3.10. The first kappa shape index (κ1) is 19.0. The van der Waals surface area contributed by atoms with Crippen LogP contribution in [-0.2, 0) is 20.7 Å². The van der Waals surface area contributed by atoms with Gasteiger partial charge >= 0.3 is 5.97 Å². The van der Waals surface area contributed by atoms with Gasteiger partial charge in [0.2, 0.25) is 0 Å². The second-order valence-corrected chi connectivity index (χ2v) is 7.40. The van der Waals surface area contributed by atoms with Crippen molar-refractivity contribution in [3.05, 3.63) is 65.2 Å². The molecule has 0 saturated heterocycles. The van der Waals surface area contributed by atoms with Crippen LogP contribution >= 0.6 is 11.3 Å². The average molecular weight is 382 g/mol. The van der Waals surface area contributed by atoms with Crippen LogP contribution in [0.4, 0.5) is 0 Å². The maximum absolute atomic E-state index is 11.9. The summed E-state index contributed by atoms with van der Waals surface area (Å²) in [6.45, 7) is 1.64. The van der Waals surface area contributed by atoms with Gasteiger partial charge in [0.1, 0.15) is 0 Å². The zero-order valence-electron chi connectivity index (χ0n) is 15.2. The number of hydrogen-bond acceptors (Lipinski definition) is 5. The van der Waals surface area contributed by atoms with Crippen molar-refractivity contribution in [2.45, 2.75) is 32.2 Å². The van der Waals surface area contributed by atoms with Crippen molar-refractivity contribution < 1.29 is 14.3 Å². The largest absolute Gasteiger partial charge is 0.456 e. The van der Waals surface area contributed by atoms with Crippen molar-refractivity contribution in [2.75, 3.05) is 6.61 Å². The number of nitrogens with one attached hydrogen (secondary N) is 1. The van der Waals surface area contributed by atoms with Gasteiger partial charge in [-0.2, -0.15) is 0 Å². The van der Waals surface area contributed by atoms with Gasteiger partial charge < -0.3 is 10.1 Å². The lowest BCUT2D eigenvalue weighted by Gasteiger charge is -2.14. The Labute approximate surface area is 162 Å². The minimum absolute atomic E-state index is 0.128. The highest BCUT2D eigenvalue weighted by molar-refractivity contribution is 7.18. The molecule has 1 atom stereocenters. The molecule has 0 bridgehead atoms. The van der Waals surface area contributed by atoms with E-state index in [1.165, 1.54) is 0 Å². The number of ether oxygens (including phenoxy) is 1. The van der Waals surface area contributed by atoms with Crippen LogP contribution in [0, 0.1) is 0 Å². The van der Waals surface area contributed by atoms with Gasteiger partial charge in [0.05, 0.1) is 21.3 Å². The van der Waals surface area contributed by atoms with E-state index in [9.17, 15) is 9.59 Å². The molecule has 27 heavy (non-hydrogen) atoms. The van der Waals surface area contributed by atoms with E-state index < -0.39 is 0 Å². The third-order valence-electron chi connectivity index (χ3n) is 4.15. The fourth-order valence-electron chi connectivity index (χ4n) is 2.74. The van der Waals surface area contributed by atoms with Gasteiger partial charge in [-0.1, -0.05) is 42.5 Å². The summed E-state index contributed by atoms with van der Waals surface area (Å²) in [4.78, 5) is 28.3. The summed E-state index contributed by atoms with van der Waals surface area (Å²) >= 11 is 1.64. The molecule has 0 radical (unpaired) electrons. The predicted molar refractivity (Wildman–Crippen MR) is 107 cm³/mol. The van der Waals surface area contributed by atoms with E-state index in [1.54, 1.807) is 11.3 Å². The number of nitrogens with zero attached hydrogens (tertiary/aromatic N) is 1. The third kappa shape index (κ3) is 5.62. The van der Waals surface area contributed by atoms with Crippen molar-refractivity contribution in [3.8, 4) is 0 Å². The molecule has 6 heteroatoms. The zero-order chi connectivity index (χ0) is 19.1. The number of benzene rings is 2. The summed E-state index contributed by atoms with van der Waals surface area (Å²) < 4.78 is 6.22. The fraction of sp³-hybridized carbons (Fsp3) is 0.286. The summed E-state index contributed by atoms with van der Waals surface area (Å²) in [7, 11) is 0. The number of fused-ring (bicyclic) bond motifs is 1. The molecule has 0 fully saturated rings. The summed E-state index contributed by atoms with van der Waals surface area (Å²) in [5, 5.41) is 3.84. The number of rotatable bonds is 8. The quantitative estimate of drug-likeness (QED) is 0.597. The first-order chi connectivity index (χ1) is 13.1. The lowest BCUT2D eigenvalue weighted by Crippen LogP contribution is -2.31. The molecule has 5 nitrogen and oxygen atoms in total. The third-order valence-corrected chi connectivity index (χ3v) is 5.25. The molecule has 1 heterocycles. The SMILES string of the molecule is C[C@H](NC(=O)COC(=O)CCCc1nc2ccccc2s1)c1ccccc1. The molecule has 0 spiro atoms. The Balaban J connectivity index is 1.36. The van der Waals surface area contributed by atoms with E-state index in [-0.39, 0.29) is 30.9 Å². The second-order valence-electron chi connectivity index (χ2n) is 6.29. The minimum atomic E-state index is -0.362. The first-order valence-electron chi connectivity index (χ1n) is 8.96. The molecular weight excluding hydrogens is 360 g/mol. The molecule has 1 aromatic heterocycles. The predicted octanol–water partition coefficient (Wildman–Crippen LogP) is 4.04. The number of carbonyl (C=O) groups is 2. The highest BCUT2D eigenvalue weighted by atomic mass is 32.1. The van der Waals surface area contributed by atoms with Gasteiger partial charge in [-0.25, -0.2) is 4.98 Å². The topological polar surface area (TPSA) is 68.3 Å². The molecule has 2 aromatic carbocycles. The van der Waals surface area contributed by atoms with Gasteiger partial charge in [0, 0.05) is 6.42 Å². The summed E-state index contributed by atoms with van der Waals surface area (Å²) in [5.41, 5.74) is 2.00. The molecule has 140 valence electrons. The van der Waals surface area contributed by atoms with Crippen molar-refractivity contribution in [3.63, 3.8) is 0 Å². The van der Waals surface area contributed by atoms with E-state index in [0.29, 0.717) is 6.42 Å². The van der Waals surface area contributed by atoms with Crippen LogP contribution in [0.1, 0.15) is 36.4 Å². The highest BCUT2D eigenvalue weighted by Gasteiger charge is 2.12. The monoisotopic (exact) mass is 382 g/mol. The maximum Gasteiger partial charge on any atom is 0.306 e. The Morgan fingerprint density at radius 3 is 2.63 bits per heavy atom. The zero-order valence-corrected chi connectivity index (χ0v) is 16.0. The Morgan fingerprint density at radius 2 is 1.85 bits per heavy atom. The number of thiazole rings is 1. The van der Waals surface area contributed by atoms with Gasteiger partial charge in [-0.3, -0.25) is 9.59 Å². The van der Waals surface area contributed by atoms with Crippen LogP contribution in [0.25, 0.3) is 10.2 Å². The number of aromatic nitrogens is 1. The lowest BCUT2D eigenvalue weighted by atomic mass is 10.1. The van der Waals surface area contributed by atoms with Crippen LogP contribution in [0.5, 0.6) is 0 Å². The Bertz CT molecular complexity index is 875. The minimum Gasteiger partial charge on any atom is -0.456 e. The molecule has 0 aliphatic heterocycles. The Hall–Kier alpha value is -2.73. The molecule has 3 rings (SSSR count). The second kappa shape index (κ2) is 9.28. The van der Waals surface area contributed by atoms with E-state index in [1.807, 2.05) is 61.5 Å². The van der Waals surface area contributed by atoms with Gasteiger partial charge in [-0.05, 0) is 37.5 Å². The van der Waals surface area contributed by atoms with Gasteiger partial charge in [-0.15, -0.1) is 11.3 Å². The summed E-state index contributed by atoms with van der Waals surface area (Å²) in [5.74, 6) is -0.662. The van der Waals surface area contributed by atoms with E-state index in [0.717, 1.165) is 27.2 Å². The summed E-state index contributed by atoms with van der Waals surface area (Å²) in [6.07, 6.45) is 1.66. The normalized spacial score (nSPS) is 11.9. The van der Waals surface area contributed by atoms with Crippen molar-refractivity contribution in [2.24, 2.45) is 0 Å². The highest BCUT2D eigenvalue weighted by Crippen LogP contribution is 2.22. The maximum atomic E-state index is 11.9. The molecule has 0 aliphatic rings. The molecule has 0 unspecified atom stereocenters. The molecule has 3 aromatic rings. The van der Waals surface area contributed by atoms with Crippen molar-refractivity contribution in [1.82, 2.24) is 10.3 Å². The fourth-order valence-corrected chi connectivity index (χ4v) is 3.75. The number of aryl methyl sites for hydroxylation is 1. The van der Waals surface area contributed by atoms with E-state index in [2.05, 4.69) is 10.3 Å². The number of hydrogen-bond donors (Lipinski definition) is 1. The Morgan fingerprint density at radius 1 is 1.11 bits per heavy atom. The van der Waals surface area contributed by atoms with Crippen LogP contribution in [0.15, 0.2) is 54.6 Å². The standard InChI is InChI=1S/C21H22N2O3S/c1-15(16-8-3-2-4-9-16)22-19(24)14-26-21(25)13-7-12-20-23-17-10-5-6-11-18(17)27-20/h2-6,8-11,15H,7,12-14H2,1H3,(H,22,24)/t15-/m0/s1. The molecular formula is C21H22N2O3S. The number of para-hydroxylation sites is 1. The number of amides is 1. The first-order valence-corrected chi connectivity index (χ1v) is 9.78. The number of carbonyl (C=O) groups excluding carboxylic acids is 2. The molecule has 1 N–H and O–H groups in total. The van der Waals surface area contributed by atoms with Crippen molar-refractivity contribution >= 4 is 33.4 Å². The van der Waals surface area contributed by atoms with Crippen LogP contribution in [0.3, 0.4) is 0 Å². The Kier molecular flexibility index (Phi) is 6.54. The van der Waals surface area contributed by atoms with Crippen LogP contribution in [0.2, 0.25) is 0 Å². The molecule has 0 saturated carbocycles. The smallest absolute Gasteiger partial charge is 0.306 e. The molecule has 0 aliphatic carbocycles. The van der Waals surface area contributed by atoms with Crippen LogP contribution < -0.4 is 5.32 Å². The van der Waals surface area contributed by atoms with E-state index >= 15 is 0 Å². The van der Waals surface area contributed by atoms with Crippen LogP contribution in [-0.4, -0.2) is 23.5 Å². The van der Waals surface area contributed by atoms with Gasteiger partial charge in [0.25, 0.3) is 5.91 Å². The van der Waals surface area contributed by atoms with Gasteiger partial charge in [0.15, 0.2) is 6.61 Å². The summed E-state index contributed by atoms with van der Waals surface area (Å²) in [6, 6.07) is 17.5. The molecule has 1 amide bonds. The van der Waals surface area contributed by atoms with Crippen molar-refractivity contribution in [1.29, 1.82) is 0 Å². The number of esters is 1. The van der Waals surface area contributed by atoms with E-state index in [4.69, 9.17) is 4.74 Å². The lowest BCUT2D eigenvalue weighted by molar-refractivity contribution is -0.148.